The highest BCUT2D eigenvalue weighted by atomic mass is 16.5. The van der Waals surface area contributed by atoms with Gasteiger partial charge in [-0.15, -0.1) is 0 Å². The number of pyridine rings is 1. The Kier molecular flexibility index (Phi) is 5.60. The van der Waals surface area contributed by atoms with Crippen LogP contribution < -0.4 is 10.1 Å². The van der Waals surface area contributed by atoms with Crippen molar-refractivity contribution in [2.75, 3.05) is 6.54 Å². The van der Waals surface area contributed by atoms with E-state index in [0.717, 1.165) is 24.8 Å². The summed E-state index contributed by atoms with van der Waals surface area (Å²) in [5.74, 6) is 0.489. The van der Waals surface area contributed by atoms with Crippen molar-refractivity contribution >= 4 is 11.8 Å². The van der Waals surface area contributed by atoms with Gasteiger partial charge < -0.3 is 19.4 Å². The fourth-order valence-corrected chi connectivity index (χ4v) is 3.93. The molecule has 1 aliphatic heterocycles. The maximum Gasteiger partial charge on any atom is 0.290 e. The van der Waals surface area contributed by atoms with Crippen LogP contribution in [-0.4, -0.2) is 40.4 Å². The molecule has 2 amide bonds. The van der Waals surface area contributed by atoms with Gasteiger partial charge in [0.2, 0.25) is 11.8 Å². The summed E-state index contributed by atoms with van der Waals surface area (Å²) in [6, 6.07) is 6.57. The van der Waals surface area contributed by atoms with Crippen molar-refractivity contribution in [2.45, 2.75) is 57.2 Å². The van der Waals surface area contributed by atoms with E-state index in [4.69, 9.17) is 9.15 Å². The lowest BCUT2D eigenvalue weighted by Crippen LogP contribution is -2.45. The molecular formula is C21H25N3O4. The lowest BCUT2D eigenvalue weighted by molar-refractivity contribution is -0.125. The van der Waals surface area contributed by atoms with Gasteiger partial charge >= 0.3 is 0 Å². The van der Waals surface area contributed by atoms with Gasteiger partial charge in [-0.05, 0) is 62.3 Å². The van der Waals surface area contributed by atoms with Crippen LogP contribution >= 0.6 is 0 Å². The summed E-state index contributed by atoms with van der Waals surface area (Å²) in [6.07, 6.45) is 9.43. The average molecular weight is 383 g/mol. The molecule has 2 aromatic rings. The Labute approximate surface area is 164 Å². The van der Waals surface area contributed by atoms with E-state index < -0.39 is 6.04 Å². The number of hydrogen-bond donors (Lipinski definition) is 1. The van der Waals surface area contributed by atoms with Crippen molar-refractivity contribution < 1.29 is 18.7 Å². The van der Waals surface area contributed by atoms with Gasteiger partial charge in [-0.1, -0.05) is 0 Å². The second-order valence-electron chi connectivity index (χ2n) is 7.38. The molecule has 3 heterocycles. The molecule has 2 aliphatic rings. The number of aromatic nitrogens is 1. The van der Waals surface area contributed by atoms with E-state index in [1.54, 1.807) is 23.2 Å². The van der Waals surface area contributed by atoms with Crippen LogP contribution in [0.2, 0.25) is 0 Å². The van der Waals surface area contributed by atoms with E-state index in [1.807, 2.05) is 12.1 Å². The summed E-state index contributed by atoms with van der Waals surface area (Å²) in [6.45, 7) is 0.938. The standard InChI is InChI=1S/C21H25N3O4/c25-20(17-7-3-11-24(17)21(26)18-8-4-12-27-18)23-14-15-9-10-22-19(13-15)28-16-5-1-2-6-16/h4,8-10,12-13,16-17H,1-3,5-7,11,14H2,(H,23,25)/t17-/m0/s1. The molecule has 1 saturated carbocycles. The van der Waals surface area contributed by atoms with E-state index >= 15 is 0 Å². The monoisotopic (exact) mass is 383 g/mol. The highest BCUT2D eigenvalue weighted by Crippen LogP contribution is 2.24. The second kappa shape index (κ2) is 8.46. The molecule has 148 valence electrons. The van der Waals surface area contributed by atoms with Gasteiger partial charge in [-0.25, -0.2) is 4.98 Å². The molecule has 28 heavy (non-hydrogen) atoms. The van der Waals surface area contributed by atoms with Crippen LogP contribution in [0.3, 0.4) is 0 Å². The Morgan fingerprint density at radius 3 is 2.86 bits per heavy atom. The summed E-state index contributed by atoms with van der Waals surface area (Å²) in [5.41, 5.74) is 0.929. The number of carbonyl (C=O) groups excluding carboxylic acids is 2. The number of hydrogen-bond acceptors (Lipinski definition) is 5. The predicted molar refractivity (Wildman–Crippen MR) is 102 cm³/mol. The Hall–Kier alpha value is -2.83. The van der Waals surface area contributed by atoms with Crippen LogP contribution in [-0.2, 0) is 11.3 Å². The van der Waals surface area contributed by atoms with Gasteiger partial charge in [0.05, 0.1) is 6.26 Å². The highest BCUT2D eigenvalue weighted by Gasteiger charge is 2.35. The number of furan rings is 1. The van der Waals surface area contributed by atoms with E-state index in [9.17, 15) is 9.59 Å². The van der Waals surface area contributed by atoms with Crippen LogP contribution in [0.5, 0.6) is 5.88 Å². The smallest absolute Gasteiger partial charge is 0.290 e. The molecule has 1 saturated heterocycles. The van der Waals surface area contributed by atoms with E-state index in [-0.39, 0.29) is 23.7 Å². The van der Waals surface area contributed by atoms with Gasteiger partial charge in [-0.3, -0.25) is 9.59 Å². The molecule has 0 unspecified atom stereocenters. The third kappa shape index (κ3) is 4.18. The zero-order valence-corrected chi connectivity index (χ0v) is 15.8. The zero-order chi connectivity index (χ0) is 19.3. The molecule has 2 aromatic heterocycles. The van der Waals surface area contributed by atoms with Gasteiger partial charge in [0, 0.05) is 25.4 Å². The summed E-state index contributed by atoms with van der Waals surface area (Å²) in [7, 11) is 0. The van der Waals surface area contributed by atoms with Crippen molar-refractivity contribution in [3.63, 3.8) is 0 Å². The van der Waals surface area contributed by atoms with Crippen molar-refractivity contribution in [3.05, 3.63) is 48.0 Å². The Bertz CT molecular complexity index is 815. The summed E-state index contributed by atoms with van der Waals surface area (Å²) >= 11 is 0. The Morgan fingerprint density at radius 2 is 2.07 bits per heavy atom. The molecule has 7 heteroatoms. The molecule has 1 atom stereocenters. The van der Waals surface area contributed by atoms with Gasteiger partial charge in [0.1, 0.15) is 12.1 Å². The first kappa shape index (κ1) is 18.5. The quantitative estimate of drug-likeness (QED) is 0.829. The van der Waals surface area contributed by atoms with Gasteiger partial charge in [0.25, 0.3) is 5.91 Å². The zero-order valence-electron chi connectivity index (χ0n) is 15.8. The van der Waals surface area contributed by atoms with Gasteiger partial charge in [-0.2, -0.15) is 0 Å². The minimum absolute atomic E-state index is 0.146. The first-order valence-corrected chi connectivity index (χ1v) is 9.94. The van der Waals surface area contributed by atoms with Crippen molar-refractivity contribution in [1.29, 1.82) is 0 Å². The van der Waals surface area contributed by atoms with Crippen LogP contribution in [0, 0.1) is 0 Å². The molecule has 1 aliphatic carbocycles. The van der Waals surface area contributed by atoms with E-state index in [0.29, 0.717) is 25.4 Å². The SMILES string of the molecule is O=C(NCc1ccnc(OC2CCCC2)c1)[C@@H]1CCCN1C(=O)c1ccco1. The van der Waals surface area contributed by atoms with Crippen molar-refractivity contribution in [3.8, 4) is 5.88 Å². The molecule has 1 N–H and O–H groups in total. The lowest BCUT2D eigenvalue weighted by Gasteiger charge is -2.23. The second-order valence-corrected chi connectivity index (χ2v) is 7.38. The topological polar surface area (TPSA) is 84.7 Å². The molecule has 0 radical (unpaired) electrons. The van der Waals surface area contributed by atoms with Crippen LogP contribution in [0.1, 0.15) is 54.6 Å². The molecule has 0 aromatic carbocycles. The summed E-state index contributed by atoms with van der Waals surface area (Å²) < 4.78 is 11.1. The van der Waals surface area contributed by atoms with Crippen LogP contribution in [0.15, 0.2) is 41.1 Å². The Morgan fingerprint density at radius 1 is 1.21 bits per heavy atom. The number of ether oxygens (including phenoxy) is 1. The van der Waals surface area contributed by atoms with Crippen LogP contribution in [0.4, 0.5) is 0 Å². The van der Waals surface area contributed by atoms with Crippen molar-refractivity contribution in [1.82, 2.24) is 15.2 Å². The number of nitrogens with one attached hydrogen (secondary N) is 1. The Balaban J connectivity index is 1.34. The van der Waals surface area contributed by atoms with Crippen molar-refractivity contribution in [2.24, 2.45) is 0 Å². The predicted octanol–water partition coefficient (Wildman–Crippen LogP) is 2.92. The molecule has 7 nitrogen and oxygen atoms in total. The molecule has 4 rings (SSSR count). The largest absolute Gasteiger partial charge is 0.474 e. The molecule has 2 fully saturated rings. The summed E-state index contributed by atoms with van der Waals surface area (Å²) in [5, 5.41) is 2.95. The number of amides is 2. The number of nitrogens with zero attached hydrogens (tertiary/aromatic N) is 2. The maximum atomic E-state index is 12.7. The third-order valence-electron chi connectivity index (χ3n) is 5.40. The van der Waals surface area contributed by atoms with Gasteiger partial charge in [0.15, 0.2) is 5.76 Å². The number of carbonyl (C=O) groups is 2. The maximum absolute atomic E-state index is 12.7. The normalized spacial score (nSPS) is 19.7. The lowest BCUT2D eigenvalue weighted by atomic mass is 10.2. The molecule has 0 bridgehead atoms. The fourth-order valence-electron chi connectivity index (χ4n) is 3.93. The molecule has 0 spiro atoms. The average Bonchev–Trinajstić information content (AvgIpc) is 3.48. The minimum Gasteiger partial charge on any atom is -0.474 e. The first-order chi connectivity index (χ1) is 13.7. The minimum atomic E-state index is -0.464. The molecular weight excluding hydrogens is 358 g/mol. The third-order valence-corrected chi connectivity index (χ3v) is 5.40. The highest BCUT2D eigenvalue weighted by molar-refractivity contribution is 5.95. The number of rotatable bonds is 6. The fraction of sp³-hybridized carbons (Fsp3) is 0.476. The van der Waals surface area contributed by atoms with E-state index in [1.165, 1.54) is 19.1 Å². The first-order valence-electron chi connectivity index (χ1n) is 9.94. The van der Waals surface area contributed by atoms with Crippen LogP contribution in [0.25, 0.3) is 0 Å². The van der Waals surface area contributed by atoms with E-state index in [2.05, 4.69) is 10.3 Å². The summed E-state index contributed by atoms with van der Waals surface area (Å²) in [4.78, 5) is 31.1. The number of likely N-dealkylation sites (tertiary alicyclic amines) is 1.